The van der Waals surface area contributed by atoms with E-state index in [1.54, 1.807) is 49.4 Å². The molecule has 0 radical (unpaired) electrons. The van der Waals surface area contributed by atoms with Crippen LogP contribution in [0.5, 0.6) is 0 Å². The zero-order chi connectivity index (χ0) is 19.3. The Morgan fingerprint density at radius 1 is 1.04 bits per heavy atom. The summed E-state index contributed by atoms with van der Waals surface area (Å²) in [4.78, 5) is 12.5. The highest BCUT2D eigenvalue weighted by Gasteiger charge is 2.16. The van der Waals surface area contributed by atoms with Crippen LogP contribution in [0, 0.1) is 19.8 Å². The highest BCUT2D eigenvalue weighted by Crippen LogP contribution is 2.21. The quantitative estimate of drug-likeness (QED) is 0.772. The molecule has 0 heterocycles. The van der Waals surface area contributed by atoms with Gasteiger partial charge in [-0.1, -0.05) is 37.6 Å². The maximum Gasteiger partial charge on any atom is 0.261 e. The molecule has 0 saturated carbocycles. The van der Waals surface area contributed by atoms with E-state index in [4.69, 9.17) is 0 Å². The average Bonchev–Trinajstić information content (AvgIpc) is 2.56. The van der Waals surface area contributed by atoms with E-state index in [1.807, 2.05) is 6.92 Å². The van der Waals surface area contributed by atoms with Crippen LogP contribution >= 0.6 is 0 Å². The van der Waals surface area contributed by atoms with E-state index in [-0.39, 0.29) is 10.8 Å². The largest absolute Gasteiger partial charge is 0.352 e. The van der Waals surface area contributed by atoms with Crippen LogP contribution in [-0.2, 0) is 10.0 Å². The topological polar surface area (TPSA) is 75.3 Å². The molecule has 0 bridgehead atoms. The lowest BCUT2D eigenvalue weighted by molar-refractivity contribution is 0.0952. The number of anilines is 1. The smallest absolute Gasteiger partial charge is 0.261 e. The lowest BCUT2D eigenvalue weighted by Crippen LogP contribution is -2.25. The van der Waals surface area contributed by atoms with Crippen molar-refractivity contribution in [3.05, 3.63) is 59.2 Å². The molecule has 0 aromatic heterocycles. The van der Waals surface area contributed by atoms with Crippen molar-refractivity contribution in [1.82, 2.24) is 5.32 Å². The Labute approximate surface area is 155 Å². The number of aryl methyl sites for hydroxylation is 2. The summed E-state index contributed by atoms with van der Waals surface area (Å²) in [6, 6.07) is 11.6. The number of sulfonamides is 1. The van der Waals surface area contributed by atoms with E-state index < -0.39 is 10.0 Å². The molecule has 2 N–H and O–H groups in total. The Morgan fingerprint density at radius 2 is 1.69 bits per heavy atom. The summed E-state index contributed by atoms with van der Waals surface area (Å²) in [5.74, 6) is 0.298. The van der Waals surface area contributed by atoms with E-state index in [2.05, 4.69) is 23.9 Å². The van der Waals surface area contributed by atoms with E-state index in [9.17, 15) is 13.2 Å². The minimum absolute atomic E-state index is 0.189. The first-order chi connectivity index (χ1) is 12.2. The molecule has 0 unspecified atom stereocenters. The Kier molecular flexibility index (Phi) is 6.42. The number of nitrogens with one attached hydrogen (secondary N) is 2. The second kappa shape index (κ2) is 8.36. The standard InChI is InChI=1S/C20H26N2O3S/c1-14(2)11-12-21-20(23)17-8-7-16(4)19(13-17)22-26(24,25)18-9-5-15(3)6-10-18/h5-10,13-14,22H,11-12H2,1-4H3,(H,21,23). The van der Waals surface area contributed by atoms with E-state index in [1.165, 1.54) is 0 Å². The monoisotopic (exact) mass is 374 g/mol. The molecule has 1 amide bonds. The fraction of sp³-hybridized carbons (Fsp3) is 0.350. The zero-order valence-corrected chi connectivity index (χ0v) is 16.5. The van der Waals surface area contributed by atoms with Gasteiger partial charge in [0.2, 0.25) is 0 Å². The fourth-order valence-electron chi connectivity index (χ4n) is 2.37. The van der Waals surface area contributed by atoms with Crippen LogP contribution in [0.2, 0.25) is 0 Å². The molecule has 0 aliphatic carbocycles. The third-order valence-electron chi connectivity index (χ3n) is 4.08. The number of benzene rings is 2. The number of hydrogen-bond donors (Lipinski definition) is 2. The second-order valence-corrected chi connectivity index (χ2v) is 8.57. The summed E-state index contributed by atoms with van der Waals surface area (Å²) < 4.78 is 27.7. The molecule has 0 atom stereocenters. The first-order valence-corrected chi connectivity index (χ1v) is 10.2. The van der Waals surface area contributed by atoms with Gasteiger partial charge in [0, 0.05) is 12.1 Å². The van der Waals surface area contributed by atoms with Crippen molar-refractivity contribution in [1.29, 1.82) is 0 Å². The average molecular weight is 375 g/mol. The molecule has 0 aliphatic heterocycles. The van der Waals surface area contributed by atoms with Crippen LogP contribution in [-0.4, -0.2) is 20.9 Å². The molecule has 0 saturated heterocycles. The minimum atomic E-state index is -3.70. The van der Waals surface area contributed by atoms with Gasteiger partial charge in [0.05, 0.1) is 10.6 Å². The molecule has 0 spiro atoms. The first kappa shape index (κ1) is 20.0. The van der Waals surface area contributed by atoms with Gasteiger partial charge < -0.3 is 5.32 Å². The molecule has 2 rings (SSSR count). The molecular formula is C20H26N2O3S. The molecule has 0 aliphatic rings. The second-order valence-electron chi connectivity index (χ2n) is 6.89. The van der Waals surface area contributed by atoms with Gasteiger partial charge in [-0.15, -0.1) is 0 Å². The van der Waals surface area contributed by atoms with Gasteiger partial charge in [-0.25, -0.2) is 8.42 Å². The minimum Gasteiger partial charge on any atom is -0.352 e. The Bertz CT molecular complexity index is 872. The van der Waals surface area contributed by atoms with Crippen LogP contribution in [0.1, 0.15) is 41.8 Å². The van der Waals surface area contributed by atoms with Gasteiger partial charge in [-0.3, -0.25) is 9.52 Å². The highest BCUT2D eigenvalue weighted by molar-refractivity contribution is 7.92. The van der Waals surface area contributed by atoms with Crippen molar-refractivity contribution in [3.8, 4) is 0 Å². The lowest BCUT2D eigenvalue weighted by atomic mass is 10.1. The third kappa shape index (κ3) is 5.33. The number of amides is 1. The van der Waals surface area contributed by atoms with E-state index in [0.717, 1.165) is 17.5 Å². The van der Waals surface area contributed by atoms with Gasteiger partial charge in [-0.05, 0) is 56.0 Å². The molecule has 2 aromatic rings. The zero-order valence-electron chi connectivity index (χ0n) is 15.7. The predicted molar refractivity (Wildman–Crippen MR) is 105 cm³/mol. The highest BCUT2D eigenvalue weighted by atomic mass is 32.2. The van der Waals surface area contributed by atoms with Gasteiger partial charge >= 0.3 is 0 Å². The molecule has 26 heavy (non-hydrogen) atoms. The molecular weight excluding hydrogens is 348 g/mol. The predicted octanol–water partition coefficient (Wildman–Crippen LogP) is 3.88. The maximum atomic E-state index is 12.6. The summed E-state index contributed by atoms with van der Waals surface area (Å²) in [6.07, 6.45) is 0.893. The van der Waals surface area contributed by atoms with Crippen molar-refractivity contribution in [2.24, 2.45) is 5.92 Å². The Morgan fingerprint density at radius 3 is 2.31 bits per heavy atom. The van der Waals surface area contributed by atoms with Crippen molar-refractivity contribution < 1.29 is 13.2 Å². The molecule has 6 heteroatoms. The van der Waals surface area contributed by atoms with Crippen LogP contribution in [0.3, 0.4) is 0 Å². The number of hydrogen-bond acceptors (Lipinski definition) is 3. The summed E-state index contributed by atoms with van der Waals surface area (Å²) >= 11 is 0. The Hall–Kier alpha value is -2.34. The van der Waals surface area contributed by atoms with Crippen molar-refractivity contribution in [3.63, 3.8) is 0 Å². The van der Waals surface area contributed by atoms with Crippen LogP contribution in [0.25, 0.3) is 0 Å². The van der Waals surface area contributed by atoms with E-state index in [0.29, 0.717) is 23.7 Å². The van der Waals surface area contributed by atoms with Crippen LogP contribution in [0.4, 0.5) is 5.69 Å². The van der Waals surface area contributed by atoms with Crippen LogP contribution in [0.15, 0.2) is 47.4 Å². The first-order valence-electron chi connectivity index (χ1n) is 8.67. The number of carbonyl (C=O) groups excluding carboxylic acids is 1. The summed E-state index contributed by atoms with van der Waals surface area (Å²) in [6.45, 7) is 8.48. The van der Waals surface area contributed by atoms with Gasteiger partial charge in [0.25, 0.3) is 15.9 Å². The van der Waals surface area contributed by atoms with Gasteiger partial charge in [0.15, 0.2) is 0 Å². The van der Waals surface area contributed by atoms with Crippen molar-refractivity contribution in [2.75, 3.05) is 11.3 Å². The van der Waals surface area contributed by atoms with Gasteiger partial charge in [-0.2, -0.15) is 0 Å². The molecule has 5 nitrogen and oxygen atoms in total. The summed E-state index contributed by atoms with van der Waals surface area (Å²) in [5, 5.41) is 2.86. The third-order valence-corrected chi connectivity index (χ3v) is 5.46. The number of rotatable bonds is 7. The van der Waals surface area contributed by atoms with Crippen molar-refractivity contribution in [2.45, 2.75) is 39.0 Å². The van der Waals surface area contributed by atoms with Crippen LogP contribution < -0.4 is 10.0 Å². The summed E-state index contributed by atoms with van der Waals surface area (Å²) in [7, 11) is -3.70. The SMILES string of the molecule is Cc1ccc(S(=O)(=O)Nc2cc(C(=O)NCCC(C)C)ccc2C)cc1. The Balaban J connectivity index is 2.19. The molecule has 0 fully saturated rings. The van der Waals surface area contributed by atoms with Gasteiger partial charge in [0.1, 0.15) is 0 Å². The normalized spacial score (nSPS) is 11.4. The maximum absolute atomic E-state index is 12.6. The lowest BCUT2D eigenvalue weighted by Gasteiger charge is -2.13. The molecule has 2 aromatic carbocycles. The summed E-state index contributed by atoms with van der Waals surface area (Å²) in [5.41, 5.74) is 2.57. The fourth-order valence-corrected chi connectivity index (χ4v) is 3.49. The van der Waals surface area contributed by atoms with E-state index >= 15 is 0 Å². The number of carbonyl (C=O) groups is 1. The van der Waals surface area contributed by atoms with Crippen molar-refractivity contribution >= 4 is 21.6 Å². The molecule has 140 valence electrons.